The van der Waals surface area contributed by atoms with Crippen LogP contribution >= 0.6 is 0 Å². The van der Waals surface area contributed by atoms with Crippen molar-refractivity contribution in [2.75, 3.05) is 40.0 Å². The number of likely N-dealkylation sites (tertiary alicyclic amines) is 1. The SMILES string of the molecule is CCCN1CCC(OCCOC)CC1. The molecular weight excluding hydrogens is 178 g/mol. The van der Waals surface area contributed by atoms with Gasteiger partial charge >= 0.3 is 0 Å². The molecule has 1 heterocycles. The van der Waals surface area contributed by atoms with Crippen molar-refractivity contribution in [2.45, 2.75) is 32.3 Å². The van der Waals surface area contributed by atoms with Gasteiger partial charge in [0.25, 0.3) is 0 Å². The van der Waals surface area contributed by atoms with E-state index in [-0.39, 0.29) is 0 Å². The quantitative estimate of drug-likeness (QED) is 0.608. The first kappa shape index (κ1) is 12.0. The molecule has 1 rings (SSSR count). The van der Waals surface area contributed by atoms with Gasteiger partial charge in [0.2, 0.25) is 0 Å². The summed E-state index contributed by atoms with van der Waals surface area (Å²) in [6.07, 6.45) is 4.10. The van der Waals surface area contributed by atoms with Crippen LogP contribution in [0.4, 0.5) is 0 Å². The smallest absolute Gasteiger partial charge is 0.0704 e. The fraction of sp³-hybridized carbons (Fsp3) is 1.00. The van der Waals surface area contributed by atoms with Crippen LogP contribution in [0.25, 0.3) is 0 Å². The summed E-state index contributed by atoms with van der Waals surface area (Å²) in [5, 5.41) is 0. The molecule has 0 amide bonds. The summed E-state index contributed by atoms with van der Waals surface area (Å²) in [6.45, 7) is 7.34. The summed E-state index contributed by atoms with van der Waals surface area (Å²) >= 11 is 0. The van der Waals surface area contributed by atoms with Gasteiger partial charge in [-0.15, -0.1) is 0 Å². The van der Waals surface area contributed by atoms with Crippen LogP contribution in [0.5, 0.6) is 0 Å². The van der Waals surface area contributed by atoms with Crippen LogP contribution in [0.3, 0.4) is 0 Å². The number of piperidine rings is 1. The molecule has 1 saturated heterocycles. The Labute approximate surface area is 87.4 Å². The van der Waals surface area contributed by atoms with E-state index < -0.39 is 0 Å². The first-order valence-corrected chi connectivity index (χ1v) is 5.69. The first-order valence-electron chi connectivity index (χ1n) is 5.69. The number of hydrogen-bond donors (Lipinski definition) is 0. The van der Waals surface area contributed by atoms with Crippen molar-refractivity contribution in [3.63, 3.8) is 0 Å². The van der Waals surface area contributed by atoms with Crippen LogP contribution in [-0.2, 0) is 9.47 Å². The zero-order valence-corrected chi connectivity index (χ0v) is 9.50. The summed E-state index contributed by atoms with van der Waals surface area (Å²) in [7, 11) is 1.72. The number of ether oxygens (including phenoxy) is 2. The Hall–Kier alpha value is -0.120. The van der Waals surface area contributed by atoms with E-state index in [1.54, 1.807) is 7.11 Å². The molecule has 0 aliphatic carbocycles. The van der Waals surface area contributed by atoms with E-state index in [9.17, 15) is 0 Å². The molecule has 0 atom stereocenters. The number of hydrogen-bond acceptors (Lipinski definition) is 3. The minimum Gasteiger partial charge on any atom is -0.382 e. The average Bonchev–Trinajstić information content (AvgIpc) is 2.21. The molecule has 0 spiro atoms. The van der Waals surface area contributed by atoms with Crippen molar-refractivity contribution in [2.24, 2.45) is 0 Å². The normalized spacial score (nSPS) is 20.1. The van der Waals surface area contributed by atoms with Crippen molar-refractivity contribution in [1.82, 2.24) is 4.90 Å². The second-order valence-corrected chi connectivity index (χ2v) is 3.90. The minimum absolute atomic E-state index is 0.471. The lowest BCUT2D eigenvalue weighted by Gasteiger charge is -2.31. The van der Waals surface area contributed by atoms with E-state index >= 15 is 0 Å². The van der Waals surface area contributed by atoms with Gasteiger partial charge in [0.15, 0.2) is 0 Å². The molecule has 14 heavy (non-hydrogen) atoms. The van der Waals surface area contributed by atoms with E-state index in [0.29, 0.717) is 6.10 Å². The van der Waals surface area contributed by atoms with Crippen LogP contribution < -0.4 is 0 Å². The van der Waals surface area contributed by atoms with E-state index in [2.05, 4.69) is 11.8 Å². The lowest BCUT2D eigenvalue weighted by atomic mass is 10.1. The van der Waals surface area contributed by atoms with E-state index in [0.717, 1.165) is 13.2 Å². The molecule has 0 unspecified atom stereocenters. The van der Waals surface area contributed by atoms with Crippen LogP contribution in [-0.4, -0.2) is 51.0 Å². The Bertz CT molecular complexity index is 133. The fourth-order valence-electron chi connectivity index (χ4n) is 1.91. The van der Waals surface area contributed by atoms with Gasteiger partial charge in [0, 0.05) is 20.2 Å². The largest absolute Gasteiger partial charge is 0.382 e. The summed E-state index contributed by atoms with van der Waals surface area (Å²) in [6, 6.07) is 0. The molecule has 0 N–H and O–H groups in total. The number of nitrogens with zero attached hydrogens (tertiary/aromatic N) is 1. The van der Waals surface area contributed by atoms with E-state index in [1.807, 2.05) is 0 Å². The monoisotopic (exact) mass is 201 g/mol. The fourth-order valence-corrected chi connectivity index (χ4v) is 1.91. The molecular formula is C11H23NO2. The van der Waals surface area contributed by atoms with Gasteiger partial charge in [-0.3, -0.25) is 0 Å². The van der Waals surface area contributed by atoms with Crippen molar-refractivity contribution in [3.05, 3.63) is 0 Å². The van der Waals surface area contributed by atoms with Gasteiger partial charge in [-0.1, -0.05) is 6.92 Å². The van der Waals surface area contributed by atoms with Crippen LogP contribution in [0.2, 0.25) is 0 Å². The van der Waals surface area contributed by atoms with Crippen molar-refractivity contribution in [3.8, 4) is 0 Å². The van der Waals surface area contributed by atoms with Crippen molar-refractivity contribution >= 4 is 0 Å². The molecule has 0 aromatic carbocycles. The summed E-state index contributed by atoms with van der Waals surface area (Å²) in [5.41, 5.74) is 0. The maximum absolute atomic E-state index is 5.70. The number of methoxy groups -OCH3 is 1. The maximum Gasteiger partial charge on any atom is 0.0704 e. The third-order valence-electron chi connectivity index (χ3n) is 2.72. The van der Waals surface area contributed by atoms with Crippen molar-refractivity contribution < 1.29 is 9.47 Å². The van der Waals surface area contributed by atoms with E-state index in [4.69, 9.17) is 9.47 Å². The molecule has 84 valence electrons. The highest BCUT2D eigenvalue weighted by Crippen LogP contribution is 2.13. The predicted molar refractivity (Wildman–Crippen MR) is 57.6 cm³/mol. The first-order chi connectivity index (χ1) is 6.86. The molecule has 3 heteroatoms. The summed E-state index contributed by atoms with van der Waals surface area (Å²) < 4.78 is 10.7. The third-order valence-corrected chi connectivity index (χ3v) is 2.72. The Morgan fingerprint density at radius 1 is 1.21 bits per heavy atom. The topological polar surface area (TPSA) is 21.7 Å². The highest BCUT2D eigenvalue weighted by atomic mass is 16.5. The maximum atomic E-state index is 5.70. The minimum atomic E-state index is 0.471. The second-order valence-electron chi connectivity index (χ2n) is 3.90. The molecule has 0 bridgehead atoms. The molecule has 0 aromatic rings. The van der Waals surface area contributed by atoms with Crippen LogP contribution in [0, 0.1) is 0 Å². The second kappa shape index (κ2) is 7.21. The highest BCUT2D eigenvalue weighted by molar-refractivity contribution is 4.71. The molecule has 1 fully saturated rings. The molecule has 1 aliphatic rings. The van der Waals surface area contributed by atoms with Crippen LogP contribution in [0.1, 0.15) is 26.2 Å². The number of rotatable bonds is 6. The van der Waals surface area contributed by atoms with Gasteiger partial charge in [-0.2, -0.15) is 0 Å². The lowest BCUT2D eigenvalue weighted by Crippen LogP contribution is -2.37. The van der Waals surface area contributed by atoms with Gasteiger partial charge in [0.1, 0.15) is 0 Å². The third kappa shape index (κ3) is 4.40. The molecule has 0 aromatic heterocycles. The Balaban J connectivity index is 2.03. The van der Waals surface area contributed by atoms with Gasteiger partial charge in [-0.25, -0.2) is 0 Å². The van der Waals surface area contributed by atoms with Gasteiger partial charge < -0.3 is 14.4 Å². The highest BCUT2D eigenvalue weighted by Gasteiger charge is 2.18. The predicted octanol–water partition coefficient (Wildman–Crippen LogP) is 1.52. The lowest BCUT2D eigenvalue weighted by molar-refractivity contribution is -0.0145. The summed E-state index contributed by atoms with van der Waals surface area (Å²) in [5.74, 6) is 0. The Kier molecular flexibility index (Phi) is 6.15. The summed E-state index contributed by atoms with van der Waals surface area (Å²) in [4.78, 5) is 2.52. The van der Waals surface area contributed by atoms with Crippen LogP contribution in [0.15, 0.2) is 0 Å². The average molecular weight is 201 g/mol. The Morgan fingerprint density at radius 2 is 1.93 bits per heavy atom. The standard InChI is InChI=1S/C11H23NO2/c1-3-6-12-7-4-11(5-8-12)14-10-9-13-2/h11H,3-10H2,1-2H3. The van der Waals surface area contributed by atoms with E-state index in [1.165, 1.54) is 38.9 Å². The van der Waals surface area contributed by atoms with Crippen molar-refractivity contribution in [1.29, 1.82) is 0 Å². The molecule has 3 nitrogen and oxygen atoms in total. The zero-order chi connectivity index (χ0) is 10.2. The molecule has 0 radical (unpaired) electrons. The van der Waals surface area contributed by atoms with Gasteiger partial charge in [-0.05, 0) is 25.8 Å². The molecule has 1 aliphatic heterocycles. The van der Waals surface area contributed by atoms with Gasteiger partial charge in [0.05, 0.1) is 19.3 Å². The Morgan fingerprint density at radius 3 is 2.50 bits per heavy atom. The molecule has 0 saturated carbocycles. The zero-order valence-electron chi connectivity index (χ0n) is 9.50.